The smallest absolute Gasteiger partial charge is 0.309 e. The van der Waals surface area contributed by atoms with E-state index >= 15 is 0 Å². The number of carbonyl (C=O) groups excluding carboxylic acids is 1. The summed E-state index contributed by atoms with van der Waals surface area (Å²) in [6.07, 6.45) is 7.80. The first-order chi connectivity index (χ1) is 10.3. The van der Waals surface area contributed by atoms with Gasteiger partial charge in [-0.3, -0.25) is 4.79 Å². The molecule has 0 N–H and O–H groups in total. The van der Waals surface area contributed by atoms with Gasteiger partial charge in [-0.2, -0.15) is 0 Å². The fourth-order valence-electron chi connectivity index (χ4n) is 1.80. The molecule has 0 spiro atoms. The summed E-state index contributed by atoms with van der Waals surface area (Å²) in [7, 11) is 0. The van der Waals surface area contributed by atoms with Crippen LogP contribution in [0.25, 0.3) is 12.2 Å². The Labute approximate surface area is 125 Å². The molecule has 0 saturated heterocycles. The molecule has 2 heteroatoms. The van der Waals surface area contributed by atoms with Gasteiger partial charge in [0.2, 0.25) is 0 Å². The first-order valence-corrected chi connectivity index (χ1v) is 6.93. The van der Waals surface area contributed by atoms with Crippen LogP contribution in [-0.4, -0.2) is 12.6 Å². The molecule has 0 radical (unpaired) electrons. The highest BCUT2D eigenvalue weighted by Crippen LogP contribution is 2.03. The Morgan fingerprint density at radius 3 is 1.90 bits per heavy atom. The maximum atomic E-state index is 11.5. The molecule has 0 aromatic heterocycles. The number of carbonyl (C=O) groups is 1. The van der Waals surface area contributed by atoms with Crippen molar-refractivity contribution in [3.05, 3.63) is 83.9 Å². The Morgan fingerprint density at radius 2 is 1.33 bits per heavy atom. The maximum Gasteiger partial charge on any atom is 0.309 e. The molecule has 2 nitrogen and oxygen atoms in total. The highest BCUT2D eigenvalue weighted by molar-refractivity contribution is 5.72. The zero-order chi connectivity index (χ0) is 14.8. The second-order valence-electron chi connectivity index (χ2n) is 4.51. The van der Waals surface area contributed by atoms with Gasteiger partial charge in [-0.25, -0.2) is 0 Å². The summed E-state index contributed by atoms with van der Waals surface area (Å²) in [6, 6.07) is 19.8. The van der Waals surface area contributed by atoms with Gasteiger partial charge in [0.15, 0.2) is 0 Å². The normalized spacial score (nSPS) is 11.0. The van der Waals surface area contributed by atoms with Crippen LogP contribution in [0, 0.1) is 0 Å². The summed E-state index contributed by atoms with van der Waals surface area (Å²) in [5.41, 5.74) is 2.17. The standard InChI is InChI=1S/C19H18O2/c20-19(15-7-13-17-9-3-1-4-10-17)21-16-8-14-18-11-5-2-6-12-18/h1-14H,15-16H2/b13-7?,14-8+. The van der Waals surface area contributed by atoms with Crippen LogP contribution >= 0.6 is 0 Å². The van der Waals surface area contributed by atoms with Crippen molar-refractivity contribution in [1.82, 2.24) is 0 Å². The topological polar surface area (TPSA) is 26.3 Å². The Hall–Kier alpha value is -2.61. The van der Waals surface area contributed by atoms with E-state index in [4.69, 9.17) is 4.74 Å². The van der Waals surface area contributed by atoms with Crippen LogP contribution < -0.4 is 0 Å². The van der Waals surface area contributed by atoms with E-state index in [0.717, 1.165) is 11.1 Å². The summed E-state index contributed by atoms with van der Waals surface area (Å²) in [5, 5.41) is 0. The third-order valence-electron chi connectivity index (χ3n) is 2.84. The van der Waals surface area contributed by atoms with Gasteiger partial charge in [-0.1, -0.05) is 78.9 Å². The maximum absolute atomic E-state index is 11.5. The predicted octanol–water partition coefficient (Wildman–Crippen LogP) is 4.35. The average Bonchev–Trinajstić information content (AvgIpc) is 2.54. The Balaban J connectivity index is 1.68. The largest absolute Gasteiger partial charge is 0.461 e. The second kappa shape index (κ2) is 8.54. The predicted molar refractivity (Wildman–Crippen MR) is 86.5 cm³/mol. The molecule has 0 aliphatic carbocycles. The molecule has 0 fully saturated rings. The number of ether oxygens (including phenoxy) is 1. The molecule has 0 aliphatic heterocycles. The Morgan fingerprint density at radius 1 is 0.810 bits per heavy atom. The SMILES string of the molecule is O=C(CC=Cc1ccccc1)OC/C=C/c1ccccc1. The van der Waals surface area contributed by atoms with Crippen molar-refractivity contribution in [2.24, 2.45) is 0 Å². The van der Waals surface area contributed by atoms with E-state index in [1.54, 1.807) is 0 Å². The summed E-state index contributed by atoms with van der Waals surface area (Å²) in [4.78, 5) is 11.5. The van der Waals surface area contributed by atoms with Gasteiger partial charge in [0, 0.05) is 0 Å². The van der Waals surface area contributed by atoms with Crippen molar-refractivity contribution < 1.29 is 9.53 Å². The van der Waals surface area contributed by atoms with Gasteiger partial charge in [0.05, 0.1) is 6.42 Å². The molecule has 2 aromatic rings. The minimum Gasteiger partial charge on any atom is -0.461 e. The van der Waals surface area contributed by atoms with E-state index in [1.165, 1.54) is 0 Å². The van der Waals surface area contributed by atoms with Gasteiger partial charge >= 0.3 is 5.97 Å². The van der Waals surface area contributed by atoms with E-state index in [2.05, 4.69) is 0 Å². The molecule has 0 bridgehead atoms. The lowest BCUT2D eigenvalue weighted by atomic mass is 10.2. The minimum absolute atomic E-state index is 0.222. The lowest BCUT2D eigenvalue weighted by Gasteiger charge is -1.98. The first kappa shape index (κ1) is 14.8. The van der Waals surface area contributed by atoms with Crippen molar-refractivity contribution in [3.8, 4) is 0 Å². The molecule has 106 valence electrons. The number of esters is 1. The molecular weight excluding hydrogens is 260 g/mol. The molecule has 0 unspecified atom stereocenters. The van der Waals surface area contributed by atoms with Crippen molar-refractivity contribution in [3.63, 3.8) is 0 Å². The zero-order valence-electron chi connectivity index (χ0n) is 11.8. The average molecular weight is 278 g/mol. The number of hydrogen-bond acceptors (Lipinski definition) is 2. The highest BCUT2D eigenvalue weighted by Gasteiger charge is 1.97. The molecule has 2 rings (SSSR count). The number of hydrogen-bond donors (Lipinski definition) is 0. The van der Waals surface area contributed by atoms with Crippen LogP contribution in [-0.2, 0) is 9.53 Å². The van der Waals surface area contributed by atoms with Gasteiger partial charge < -0.3 is 4.74 Å². The first-order valence-electron chi connectivity index (χ1n) is 6.93. The summed E-state index contributed by atoms with van der Waals surface area (Å²) < 4.78 is 5.12. The van der Waals surface area contributed by atoms with E-state index in [0.29, 0.717) is 6.61 Å². The van der Waals surface area contributed by atoms with Crippen LogP contribution in [0.1, 0.15) is 17.5 Å². The van der Waals surface area contributed by atoms with E-state index < -0.39 is 0 Å². The van der Waals surface area contributed by atoms with Crippen LogP contribution in [0.2, 0.25) is 0 Å². The molecule has 0 saturated carbocycles. The van der Waals surface area contributed by atoms with Gasteiger partial charge in [0.25, 0.3) is 0 Å². The minimum atomic E-state index is -0.222. The fraction of sp³-hybridized carbons (Fsp3) is 0.105. The van der Waals surface area contributed by atoms with Crippen LogP contribution in [0.4, 0.5) is 0 Å². The van der Waals surface area contributed by atoms with E-state index in [-0.39, 0.29) is 12.4 Å². The third kappa shape index (κ3) is 5.91. The summed E-state index contributed by atoms with van der Waals surface area (Å²) >= 11 is 0. The van der Waals surface area contributed by atoms with Crippen molar-refractivity contribution in [2.75, 3.05) is 6.61 Å². The quantitative estimate of drug-likeness (QED) is 0.734. The van der Waals surface area contributed by atoms with Gasteiger partial charge in [-0.05, 0) is 17.2 Å². The van der Waals surface area contributed by atoms with Crippen LogP contribution in [0.3, 0.4) is 0 Å². The van der Waals surface area contributed by atoms with E-state index in [9.17, 15) is 4.79 Å². The lowest BCUT2D eigenvalue weighted by Crippen LogP contribution is -2.02. The molecular formula is C19H18O2. The monoisotopic (exact) mass is 278 g/mol. The van der Waals surface area contributed by atoms with Gasteiger partial charge in [-0.15, -0.1) is 0 Å². The number of benzene rings is 2. The Bertz CT molecular complexity index is 598. The molecule has 0 heterocycles. The number of rotatable bonds is 6. The summed E-state index contributed by atoms with van der Waals surface area (Å²) in [6.45, 7) is 0.299. The third-order valence-corrected chi connectivity index (χ3v) is 2.84. The second-order valence-corrected chi connectivity index (χ2v) is 4.51. The fourth-order valence-corrected chi connectivity index (χ4v) is 1.80. The molecule has 0 aliphatic rings. The molecule has 0 atom stereocenters. The summed E-state index contributed by atoms with van der Waals surface area (Å²) in [5.74, 6) is -0.222. The van der Waals surface area contributed by atoms with Crippen LogP contribution in [0.5, 0.6) is 0 Å². The highest BCUT2D eigenvalue weighted by atomic mass is 16.5. The molecule has 21 heavy (non-hydrogen) atoms. The van der Waals surface area contributed by atoms with Crippen molar-refractivity contribution in [1.29, 1.82) is 0 Å². The Kier molecular flexibility index (Phi) is 6.01. The van der Waals surface area contributed by atoms with Crippen molar-refractivity contribution in [2.45, 2.75) is 6.42 Å². The van der Waals surface area contributed by atoms with E-state index in [1.807, 2.05) is 85.0 Å². The molecule has 0 amide bonds. The van der Waals surface area contributed by atoms with Gasteiger partial charge in [0.1, 0.15) is 6.61 Å². The molecule has 2 aromatic carbocycles. The van der Waals surface area contributed by atoms with Crippen molar-refractivity contribution >= 4 is 18.1 Å². The zero-order valence-corrected chi connectivity index (χ0v) is 11.8. The van der Waals surface area contributed by atoms with Crippen LogP contribution in [0.15, 0.2) is 72.8 Å². The lowest BCUT2D eigenvalue weighted by molar-refractivity contribution is -0.141.